The van der Waals surface area contributed by atoms with Crippen LogP contribution in [0.4, 0.5) is 11.5 Å². The van der Waals surface area contributed by atoms with E-state index in [2.05, 4.69) is 5.10 Å². The van der Waals surface area contributed by atoms with Crippen LogP contribution in [0.1, 0.15) is 32.4 Å². The SMILES string of the molecule is CCCC(O)Cn1nc(N)c(N)c1CC. The molecular formula is C10H20N4O. The number of aliphatic hydroxyl groups is 1. The summed E-state index contributed by atoms with van der Waals surface area (Å²) in [7, 11) is 0. The lowest BCUT2D eigenvalue weighted by atomic mass is 10.2. The van der Waals surface area contributed by atoms with Gasteiger partial charge in [-0.15, -0.1) is 0 Å². The van der Waals surface area contributed by atoms with Gasteiger partial charge < -0.3 is 16.6 Å². The summed E-state index contributed by atoms with van der Waals surface area (Å²) in [6.45, 7) is 4.50. The molecule has 0 amide bonds. The van der Waals surface area contributed by atoms with E-state index in [-0.39, 0.29) is 6.10 Å². The van der Waals surface area contributed by atoms with Crippen molar-refractivity contribution in [2.24, 2.45) is 0 Å². The fraction of sp³-hybridized carbons (Fsp3) is 0.700. The third-order valence-electron chi connectivity index (χ3n) is 2.47. The van der Waals surface area contributed by atoms with E-state index in [9.17, 15) is 5.11 Å². The Bertz CT molecular complexity index is 321. The van der Waals surface area contributed by atoms with Gasteiger partial charge in [-0.25, -0.2) is 0 Å². The fourth-order valence-electron chi connectivity index (χ4n) is 1.68. The van der Waals surface area contributed by atoms with Crippen molar-refractivity contribution in [2.45, 2.75) is 45.8 Å². The van der Waals surface area contributed by atoms with Crippen LogP contribution in [-0.2, 0) is 13.0 Å². The minimum absolute atomic E-state index is 0.357. The first-order valence-corrected chi connectivity index (χ1v) is 5.38. The quantitative estimate of drug-likeness (QED) is 0.672. The van der Waals surface area contributed by atoms with Crippen molar-refractivity contribution in [3.05, 3.63) is 5.69 Å². The van der Waals surface area contributed by atoms with Crippen LogP contribution in [0.25, 0.3) is 0 Å². The highest BCUT2D eigenvalue weighted by Crippen LogP contribution is 2.20. The van der Waals surface area contributed by atoms with Gasteiger partial charge in [-0.2, -0.15) is 5.10 Å². The summed E-state index contributed by atoms with van der Waals surface area (Å²) in [5.74, 6) is 0.357. The van der Waals surface area contributed by atoms with E-state index in [0.717, 1.165) is 25.0 Å². The van der Waals surface area contributed by atoms with Crippen LogP contribution >= 0.6 is 0 Å². The van der Waals surface area contributed by atoms with Gasteiger partial charge >= 0.3 is 0 Å². The number of aliphatic hydroxyl groups excluding tert-OH is 1. The van der Waals surface area contributed by atoms with Gasteiger partial charge in [-0.3, -0.25) is 4.68 Å². The van der Waals surface area contributed by atoms with E-state index in [1.807, 2.05) is 13.8 Å². The number of nitrogens with zero attached hydrogens (tertiary/aromatic N) is 2. The molecular weight excluding hydrogens is 192 g/mol. The standard InChI is InChI=1S/C10H20N4O/c1-3-5-7(15)6-14-8(4-2)9(11)10(12)13-14/h7,15H,3-6,11H2,1-2H3,(H2,12,13). The molecule has 0 saturated heterocycles. The zero-order valence-electron chi connectivity index (χ0n) is 9.40. The van der Waals surface area contributed by atoms with Crippen molar-refractivity contribution in [2.75, 3.05) is 11.5 Å². The van der Waals surface area contributed by atoms with Gasteiger partial charge in [0.1, 0.15) is 0 Å². The summed E-state index contributed by atoms with van der Waals surface area (Å²) in [6, 6.07) is 0. The Morgan fingerprint density at radius 1 is 1.40 bits per heavy atom. The van der Waals surface area contributed by atoms with Crippen molar-refractivity contribution in [1.82, 2.24) is 9.78 Å². The molecule has 0 radical (unpaired) electrons. The minimum Gasteiger partial charge on any atom is -0.394 e. The van der Waals surface area contributed by atoms with E-state index in [0.29, 0.717) is 18.1 Å². The number of nitrogen functional groups attached to an aromatic ring is 2. The second-order valence-corrected chi connectivity index (χ2v) is 3.72. The molecule has 0 spiro atoms. The van der Waals surface area contributed by atoms with Gasteiger partial charge in [0.25, 0.3) is 0 Å². The molecule has 5 nitrogen and oxygen atoms in total. The summed E-state index contributed by atoms with van der Waals surface area (Å²) in [4.78, 5) is 0. The lowest BCUT2D eigenvalue weighted by molar-refractivity contribution is 0.138. The van der Waals surface area contributed by atoms with E-state index in [1.54, 1.807) is 4.68 Å². The smallest absolute Gasteiger partial charge is 0.169 e. The van der Waals surface area contributed by atoms with Crippen molar-refractivity contribution in [3.8, 4) is 0 Å². The fourth-order valence-corrected chi connectivity index (χ4v) is 1.68. The predicted octanol–water partition coefficient (Wildman–Crippen LogP) is 0.771. The summed E-state index contributed by atoms with van der Waals surface area (Å²) in [5.41, 5.74) is 12.8. The molecule has 1 aromatic heterocycles. The second kappa shape index (κ2) is 5.02. The Hall–Kier alpha value is -1.23. The van der Waals surface area contributed by atoms with Crippen molar-refractivity contribution >= 4 is 11.5 Å². The largest absolute Gasteiger partial charge is 0.394 e. The molecule has 1 aromatic rings. The molecule has 1 rings (SSSR count). The average Bonchev–Trinajstić information content (AvgIpc) is 2.42. The molecule has 0 bridgehead atoms. The number of nitrogens with two attached hydrogens (primary N) is 2. The molecule has 0 aliphatic carbocycles. The van der Waals surface area contributed by atoms with Crippen molar-refractivity contribution in [3.63, 3.8) is 0 Å². The van der Waals surface area contributed by atoms with Crippen molar-refractivity contribution < 1.29 is 5.11 Å². The van der Waals surface area contributed by atoms with Gasteiger partial charge in [-0.1, -0.05) is 20.3 Å². The molecule has 1 atom stereocenters. The number of anilines is 2. The van der Waals surface area contributed by atoms with Crippen LogP contribution < -0.4 is 11.5 Å². The highest BCUT2D eigenvalue weighted by Gasteiger charge is 2.13. The first-order valence-electron chi connectivity index (χ1n) is 5.38. The molecule has 86 valence electrons. The highest BCUT2D eigenvalue weighted by atomic mass is 16.3. The van der Waals surface area contributed by atoms with Gasteiger partial charge in [0.05, 0.1) is 24.0 Å². The molecule has 5 heteroatoms. The predicted molar refractivity (Wildman–Crippen MR) is 61.3 cm³/mol. The van der Waals surface area contributed by atoms with E-state index in [1.165, 1.54) is 0 Å². The van der Waals surface area contributed by atoms with Crippen LogP contribution in [0.3, 0.4) is 0 Å². The maximum absolute atomic E-state index is 9.68. The molecule has 0 aliphatic rings. The van der Waals surface area contributed by atoms with E-state index < -0.39 is 0 Å². The van der Waals surface area contributed by atoms with Gasteiger partial charge in [-0.05, 0) is 12.8 Å². The monoisotopic (exact) mass is 212 g/mol. The molecule has 5 N–H and O–H groups in total. The Labute approximate surface area is 90.1 Å². The van der Waals surface area contributed by atoms with Crippen LogP contribution in [0, 0.1) is 0 Å². The molecule has 0 saturated carbocycles. The summed E-state index contributed by atoms with van der Waals surface area (Å²) >= 11 is 0. The third-order valence-corrected chi connectivity index (χ3v) is 2.47. The Morgan fingerprint density at radius 3 is 2.60 bits per heavy atom. The Kier molecular flexibility index (Phi) is 3.96. The van der Waals surface area contributed by atoms with Crippen LogP contribution in [-0.4, -0.2) is 21.0 Å². The molecule has 0 fully saturated rings. The van der Waals surface area contributed by atoms with Gasteiger partial charge in [0, 0.05) is 0 Å². The maximum atomic E-state index is 9.68. The lowest BCUT2D eigenvalue weighted by Crippen LogP contribution is -2.18. The van der Waals surface area contributed by atoms with Gasteiger partial charge in [0.2, 0.25) is 0 Å². The Morgan fingerprint density at radius 2 is 2.07 bits per heavy atom. The van der Waals surface area contributed by atoms with Crippen LogP contribution in [0.5, 0.6) is 0 Å². The van der Waals surface area contributed by atoms with Crippen molar-refractivity contribution in [1.29, 1.82) is 0 Å². The number of hydrogen-bond donors (Lipinski definition) is 3. The highest BCUT2D eigenvalue weighted by molar-refractivity contribution is 5.61. The summed E-state index contributed by atoms with van der Waals surface area (Å²) in [5, 5.41) is 13.8. The second-order valence-electron chi connectivity index (χ2n) is 3.72. The first-order chi connectivity index (χ1) is 7.10. The number of aromatic nitrogens is 2. The normalized spacial score (nSPS) is 13.0. The van der Waals surface area contributed by atoms with E-state index >= 15 is 0 Å². The summed E-state index contributed by atoms with van der Waals surface area (Å²) < 4.78 is 1.71. The van der Waals surface area contributed by atoms with Gasteiger partial charge in [0.15, 0.2) is 5.82 Å². The molecule has 1 heterocycles. The maximum Gasteiger partial charge on any atom is 0.169 e. The lowest BCUT2D eigenvalue weighted by Gasteiger charge is -2.11. The zero-order valence-corrected chi connectivity index (χ0v) is 9.40. The number of rotatable bonds is 5. The zero-order chi connectivity index (χ0) is 11.4. The third kappa shape index (κ3) is 2.62. The van der Waals surface area contributed by atoms with Crippen LogP contribution in [0.15, 0.2) is 0 Å². The molecule has 1 unspecified atom stereocenters. The Balaban J connectivity index is 2.80. The summed E-state index contributed by atoms with van der Waals surface area (Å²) in [6.07, 6.45) is 2.12. The minimum atomic E-state index is -0.376. The molecule has 15 heavy (non-hydrogen) atoms. The average molecular weight is 212 g/mol. The van der Waals surface area contributed by atoms with Crippen LogP contribution in [0.2, 0.25) is 0 Å². The topological polar surface area (TPSA) is 90.1 Å². The number of hydrogen-bond acceptors (Lipinski definition) is 4. The van der Waals surface area contributed by atoms with E-state index in [4.69, 9.17) is 11.5 Å². The first kappa shape index (κ1) is 11.8. The molecule has 0 aromatic carbocycles. The molecule has 0 aliphatic heterocycles.